The zero-order valence-electron chi connectivity index (χ0n) is 12.7. The van der Waals surface area contributed by atoms with Crippen LogP contribution in [-0.4, -0.2) is 17.9 Å². The van der Waals surface area contributed by atoms with Gasteiger partial charge in [-0.05, 0) is 41.4 Å². The van der Waals surface area contributed by atoms with Gasteiger partial charge in [0.15, 0.2) is 28.2 Å². The van der Waals surface area contributed by atoms with E-state index in [1.165, 1.54) is 6.07 Å². The number of nitrogens with zero attached hydrogens (tertiary/aromatic N) is 1. The summed E-state index contributed by atoms with van der Waals surface area (Å²) in [6.07, 6.45) is 0. The van der Waals surface area contributed by atoms with Gasteiger partial charge in [-0.3, -0.25) is 4.79 Å². The van der Waals surface area contributed by atoms with Gasteiger partial charge in [0.1, 0.15) is 5.56 Å². The highest BCUT2D eigenvalue weighted by molar-refractivity contribution is 6.29. The van der Waals surface area contributed by atoms with Crippen molar-refractivity contribution in [2.75, 3.05) is 12.5 Å². The van der Waals surface area contributed by atoms with Crippen LogP contribution < -0.4 is 20.5 Å². The van der Waals surface area contributed by atoms with Crippen molar-refractivity contribution < 1.29 is 23.2 Å². The maximum Gasteiger partial charge on any atom is 0.259 e. The van der Waals surface area contributed by atoms with Crippen molar-refractivity contribution in [3.8, 4) is 23.0 Å². The van der Waals surface area contributed by atoms with Gasteiger partial charge < -0.3 is 29.5 Å². The van der Waals surface area contributed by atoms with Crippen molar-refractivity contribution in [2.45, 2.75) is 6.54 Å². The highest BCUT2D eigenvalue weighted by atomic mass is 35.5. The number of nitrogen functional groups attached to an aromatic ring is 1. The fourth-order valence-corrected chi connectivity index (χ4v) is 2.60. The molecule has 0 fully saturated rings. The highest BCUT2D eigenvalue weighted by Crippen LogP contribution is 2.33. The van der Waals surface area contributed by atoms with Crippen LogP contribution >= 0.6 is 11.6 Å². The van der Waals surface area contributed by atoms with Gasteiger partial charge in [0.25, 0.3) is 5.91 Å². The number of ether oxygens (including phenoxy) is 2. The van der Waals surface area contributed by atoms with E-state index in [0.29, 0.717) is 17.3 Å². The molecule has 3 N–H and O–H groups in total. The smallest absolute Gasteiger partial charge is 0.259 e. The van der Waals surface area contributed by atoms with Gasteiger partial charge in [-0.2, -0.15) is 0 Å². The number of hydrogen-bond donors (Lipinski definition) is 2. The lowest BCUT2D eigenvalue weighted by molar-refractivity contribution is 0.0951. The molecule has 0 spiro atoms. The SMILES string of the molecule is Nc1onc(-c2ccc(Cl)o2)c1C(=O)NCc1ccc2c(c1)OCO2. The van der Waals surface area contributed by atoms with Crippen molar-refractivity contribution in [3.05, 3.63) is 46.7 Å². The van der Waals surface area contributed by atoms with Crippen LogP contribution in [0.2, 0.25) is 5.22 Å². The molecule has 1 aliphatic heterocycles. The van der Waals surface area contributed by atoms with Gasteiger partial charge >= 0.3 is 0 Å². The van der Waals surface area contributed by atoms with Gasteiger partial charge in [0, 0.05) is 6.54 Å². The van der Waals surface area contributed by atoms with Crippen LogP contribution in [0.5, 0.6) is 11.5 Å². The maximum absolute atomic E-state index is 12.5. The summed E-state index contributed by atoms with van der Waals surface area (Å²) >= 11 is 5.76. The van der Waals surface area contributed by atoms with Crippen LogP contribution in [-0.2, 0) is 6.54 Å². The Balaban J connectivity index is 1.53. The second kappa shape index (κ2) is 6.06. The van der Waals surface area contributed by atoms with Crippen LogP contribution in [0.1, 0.15) is 15.9 Å². The van der Waals surface area contributed by atoms with Crippen molar-refractivity contribution in [1.29, 1.82) is 0 Å². The summed E-state index contributed by atoms with van der Waals surface area (Å²) in [6.45, 7) is 0.454. The molecule has 0 saturated heterocycles. The van der Waals surface area contributed by atoms with E-state index >= 15 is 0 Å². The first-order valence-corrected chi connectivity index (χ1v) is 7.67. The van der Waals surface area contributed by atoms with Crippen LogP contribution in [0.15, 0.2) is 39.3 Å². The van der Waals surface area contributed by atoms with Crippen LogP contribution in [0.4, 0.5) is 5.88 Å². The summed E-state index contributed by atoms with van der Waals surface area (Å²) in [5.41, 5.74) is 6.85. The third kappa shape index (κ3) is 2.87. The predicted octanol–water partition coefficient (Wildman–Crippen LogP) is 2.83. The average Bonchev–Trinajstić information content (AvgIpc) is 3.31. The minimum atomic E-state index is -0.445. The first kappa shape index (κ1) is 15.4. The minimum Gasteiger partial charge on any atom is -0.454 e. The summed E-state index contributed by atoms with van der Waals surface area (Å²) in [5.74, 6) is 1.06. The maximum atomic E-state index is 12.5. The molecule has 0 atom stereocenters. The Hall–Kier alpha value is -3.13. The van der Waals surface area contributed by atoms with Gasteiger partial charge in [0.2, 0.25) is 12.7 Å². The van der Waals surface area contributed by atoms with E-state index in [0.717, 1.165) is 5.56 Å². The number of nitrogens with two attached hydrogens (primary N) is 1. The topological polar surface area (TPSA) is 113 Å². The minimum absolute atomic E-state index is 0.0896. The molecule has 9 heteroatoms. The fraction of sp³-hybridized carbons (Fsp3) is 0.125. The molecule has 4 rings (SSSR count). The summed E-state index contributed by atoms with van der Waals surface area (Å²) in [6, 6.07) is 8.53. The van der Waals surface area contributed by atoms with E-state index < -0.39 is 5.91 Å². The lowest BCUT2D eigenvalue weighted by Gasteiger charge is -2.06. The number of anilines is 1. The zero-order chi connectivity index (χ0) is 17.4. The Morgan fingerprint density at radius 3 is 2.88 bits per heavy atom. The zero-order valence-corrected chi connectivity index (χ0v) is 13.5. The van der Waals surface area contributed by atoms with Gasteiger partial charge in [-0.25, -0.2) is 0 Å². The molecule has 0 aliphatic carbocycles. The third-order valence-electron chi connectivity index (χ3n) is 3.64. The van der Waals surface area contributed by atoms with Crippen molar-refractivity contribution in [2.24, 2.45) is 0 Å². The molecule has 0 radical (unpaired) electrons. The number of carbonyl (C=O) groups is 1. The summed E-state index contributed by atoms with van der Waals surface area (Å²) in [7, 11) is 0. The van der Waals surface area contributed by atoms with Gasteiger partial charge in [-0.15, -0.1) is 0 Å². The number of rotatable bonds is 4. The second-order valence-corrected chi connectivity index (χ2v) is 5.62. The largest absolute Gasteiger partial charge is 0.454 e. The second-order valence-electron chi connectivity index (χ2n) is 5.24. The summed E-state index contributed by atoms with van der Waals surface area (Å²) in [4.78, 5) is 12.5. The number of nitrogens with one attached hydrogen (secondary N) is 1. The van der Waals surface area contributed by atoms with Gasteiger partial charge in [0.05, 0.1) is 0 Å². The Labute approximate surface area is 146 Å². The molecule has 0 bridgehead atoms. The first-order chi connectivity index (χ1) is 12.1. The van der Waals surface area contributed by atoms with Gasteiger partial charge in [-0.1, -0.05) is 11.2 Å². The Bertz CT molecular complexity index is 949. The number of benzene rings is 1. The molecule has 128 valence electrons. The number of hydrogen-bond acceptors (Lipinski definition) is 7. The molecule has 1 aliphatic rings. The number of carbonyl (C=O) groups excluding carboxylic acids is 1. The molecule has 25 heavy (non-hydrogen) atoms. The monoisotopic (exact) mass is 361 g/mol. The van der Waals surface area contributed by atoms with Crippen molar-refractivity contribution >= 4 is 23.4 Å². The predicted molar refractivity (Wildman–Crippen MR) is 87.4 cm³/mol. The highest BCUT2D eigenvalue weighted by Gasteiger charge is 2.24. The quantitative estimate of drug-likeness (QED) is 0.734. The lowest BCUT2D eigenvalue weighted by atomic mass is 10.1. The van der Waals surface area contributed by atoms with Crippen molar-refractivity contribution in [1.82, 2.24) is 10.5 Å². The number of halogens is 1. The number of amides is 1. The van der Waals surface area contributed by atoms with E-state index in [2.05, 4.69) is 10.5 Å². The van der Waals surface area contributed by atoms with E-state index in [-0.39, 0.29) is 35.7 Å². The Kier molecular flexibility index (Phi) is 3.73. The number of furan rings is 1. The summed E-state index contributed by atoms with van der Waals surface area (Å²) < 4.78 is 20.7. The normalized spacial score (nSPS) is 12.4. The van der Waals surface area contributed by atoms with E-state index in [1.54, 1.807) is 18.2 Å². The Morgan fingerprint density at radius 1 is 1.24 bits per heavy atom. The summed E-state index contributed by atoms with van der Waals surface area (Å²) in [5, 5.41) is 6.70. The first-order valence-electron chi connectivity index (χ1n) is 7.29. The lowest BCUT2D eigenvalue weighted by Crippen LogP contribution is -2.23. The fourth-order valence-electron chi connectivity index (χ4n) is 2.45. The molecule has 0 saturated carbocycles. The average molecular weight is 362 g/mol. The van der Waals surface area contributed by atoms with E-state index in [4.69, 9.17) is 35.7 Å². The molecule has 1 amide bonds. The molecule has 3 heterocycles. The molecular weight excluding hydrogens is 350 g/mol. The van der Waals surface area contributed by atoms with E-state index in [9.17, 15) is 4.79 Å². The third-order valence-corrected chi connectivity index (χ3v) is 3.85. The molecule has 1 aromatic carbocycles. The van der Waals surface area contributed by atoms with Crippen LogP contribution in [0.3, 0.4) is 0 Å². The van der Waals surface area contributed by atoms with E-state index in [1.807, 2.05) is 6.07 Å². The molecular formula is C16H12ClN3O5. The standard InChI is InChI=1S/C16H12ClN3O5/c17-12-4-3-10(24-12)14-13(15(18)25-20-14)16(21)19-6-8-1-2-9-11(5-8)23-7-22-9/h1-5H,6-7,18H2,(H,19,21). The van der Waals surface area contributed by atoms with Crippen LogP contribution in [0.25, 0.3) is 11.5 Å². The molecule has 3 aromatic rings. The molecule has 0 unspecified atom stereocenters. The molecule has 8 nitrogen and oxygen atoms in total. The Morgan fingerprint density at radius 2 is 2.08 bits per heavy atom. The van der Waals surface area contributed by atoms with Crippen molar-refractivity contribution in [3.63, 3.8) is 0 Å². The number of aromatic nitrogens is 1. The molecule has 2 aromatic heterocycles. The number of fused-ring (bicyclic) bond motifs is 1. The van der Waals surface area contributed by atoms with Crippen LogP contribution in [0, 0.1) is 0 Å².